The largest absolute Gasteiger partial charge is 0.505 e. The molecule has 2 heterocycles. The number of aliphatic hydroxyl groups excluding tert-OH is 1. The van der Waals surface area contributed by atoms with Gasteiger partial charge in [0, 0.05) is 12.1 Å². The predicted octanol–water partition coefficient (Wildman–Crippen LogP) is 2.34. The molecule has 0 fully saturated rings. The molecule has 0 aliphatic rings. The standard InChI is InChI=1S/C16H12N4O/c17-10-12(15(21)11-20-8-4-1-5-9-20)16-18-13-6-2-3-7-14(13)19-16/h1-9H,11H2,(H-,18,19,21)/p+1. The maximum atomic E-state index is 10.2. The topological polar surface area (TPSA) is 76.6 Å². The molecule has 0 aliphatic heterocycles. The molecule has 0 spiro atoms. The Bertz CT molecular complexity index is 810. The first-order valence-corrected chi connectivity index (χ1v) is 6.49. The number of imidazole rings is 1. The SMILES string of the molecule is N#CC(=C(O)C[n+]1ccccc1)c1nc2ccccc2[nH]1. The summed E-state index contributed by atoms with van der Waals surface area (Å²) < 4.78 is 1.79. The molecule has 0 radical (unpaired) electrons. The van der Waals surface area contributed by atoms with Gasteiger partial charge in [-0.15, -0.1) is 0 Å². The van der Waals surface area contributed by atoms with Crippen LogP contribution in [-0.2, 0) is 6.54 Å². The highest BCUT2D eigenvalue weighted by Gasteiger charge is 2.15. The highest BCUT2D eigenvalue weighted by molar-refractivity contribution is 5.82. The zero-order chi connectivity index (χ0) is 14.7. The minimum atomic E-state index is -0.0206. The monoisotopic (exact) mass is 277 g/mol. The summed E-state index contributed by atoms with van der Waals surface area (Å²) in [4.78, 5) is 7.39. The van der Waals surface area contributed by atoms with Crippen molar-refractivity contribution in [2.75, 3.05) is 0 Å². The van der Waals surface area contributed by atoms with Crippen molar-refractivity contribution in [2.45, 2.75) is 6.54 Å². The lowest BCUT2D eigenvalue weighted by Crippen LogP contribution is -2.33. The summed E-state index contributed by atoms with van der Waals surface area (Å²) in [6.45, 7) is 0.223. The fraction of sp³-hybridized carbons (Fsp3) is 0.0625. The van der Waals surface area contributed by atoms with Crippen LogP contribution in [0.25, 0.3) is 16.6 Å². The number of fused-ring (bicyclic) bond motifs is 1. The summed E-state index contributed by atoms with van der Waals surface area (Å²) >= 11 is 0. The van der Waals surface area contributed by atoms with Crippen LogP contribution in [0.3, 0.4) is 0 Å². The van der Waals surface area contributed by atoms with Crippen molar-refractivity contribution in [3.63, 3.8) is 0 Å². The number of rotatable bonds is 3. The van der Waals surface area contributed by atoms with Crippen molar-refractivity contribution in [1.29, 1.82) is 5.26 Å². The Morgan fingerprint density at radius 2 is 1.95 bits per heavy atom. The Labute approximate surface area is 121 Å². The molecule has 5 nitrogen and oxygen atoms in total. The van der Waals surface area contributed by atoms with Crippen LogP contribution < -0.4 is 4.57 Å². The molecule has 3 aromatic rings. The van der Waals surface area contributed by atoms with Gasteiger partial charge in [0.15, 0.2) is 24.0 Å². The lowest BCUT2D eigenvalue weighted by atomic mass is 10.2. The highest BCUT2D eigenvalue weighted by Crippen LogP contribution is 2.18. The van der Waals surface area contributed by atoms with Gasteiger partial charge in [-0.1, -0.05) is 18.2 Å². The summed E-state index contributed by atoms with van der Waals surface area (Å²) in [6, 6.07) is 15.1. The lowest BCUT2D eigenvalue weighted by Gasteiger charge is -1.99. The average Bonchev–Trinajstić information content (AvgIpc) is 2.92. The van der Waals surface area contributed by atoms with Crippen molar-refractivity contribution in [2.24, 2.45) is 0 Å². The Morgan fingerprint density at radius 1 is 1.19 bits per heavy atom. The molecular weight excluding hydrogens is 264 g/mol. The maximum absolute atomic E-state index is 10.2. The van der Waals surface area contributed by atoms with Gasteiger partial charge in [-0.05, 0) is 12.1 Å². The van der Waals surface area contributed by atoms with Crippen LogP contribution in [0, 0.1) is 11.3 Å². The summed E-state index contributed by atoms with van der Waals surface area (Å²) in [5.41, 5.74) is 1.75. The molecule has 0 atom stereocenters. The van der Waals surface area contributed by atoms with Gasteiger partial charge in [-0.3, -0.25) is 0 Å². The third-order valence-electron chi connectivity index (χ3n) is 3.14. The molecule has 0 aliphatic carbocycles. The second-order valence-electron chi connectivity index (χ2n) is 4.58. The number of nitrogens with zero attached hydrogens (tertiary/aromatic N) is 3. The van der Waals surface area contributed by atoms with Crippen molar-refractivity contribution in [1.82, 2.24) is 9.97 Å². The number of hydrogen-bond acceptors (Lipinski definition) is 3. The van der Waals surface area contributed by atoms with E-state index in [4.69, 9.17) is 0 Å². The van der Waals surface area contributed by atoms with Crippen molar-refractivity contribution >= 4 is 16.6 Å². The number of nitrogens with one attached hydrogen (secondary N) is 1. The zero-order valence-corrected chi connectivity index (χ0v) is 11.2. The highest BCUT2D eigenvalue weighted by atomic mass is 16.3. The van der Waals surface area contributed by atoms with E-state index in [1.807, 2.05) is 60.9 Å². The number of pyridine rings is 1. The number of allylic oxidation sites excluding steroid dienone is 2. The van der Waals surface area contributed by atoms with Crippen LogP contribution in [0.15, 0.2) is 60.6 Å². The second kappa shape index (κ2) is 5.47. The first kappa shape index (κ1) is 12.9. The van der Waals surface area contributed by atoms with Gasteiger partial charge >= 0.3 is 0 Å². The smallest absolute Gasteiger partial charge is 0.206 e. The molecule has 2 aromatic heterocycles. The Kier molecular flexibility index (Phi) is 3.36. The number of aliphatic hydroxyl groups is 1. The second-order valence-corrected chi connectivity index (χ2v) is 4.58. The fourth-order valence-corrected chi connectivity index (χ4v) is 2.12. The minimum absolute atomic E-state index is 0.0206. The van der Waals surface area contributed by atoms with E-state index in [9.17, 15) is 10.4 Å². The predicted molar refractivity (Wildman–Crippen MR) is 77.9 cm³/mol. The Morgan fingerprint density at radius 3 is 2.67 bits per heavy atom. The normalized spacial score (nSPS) is 12.0. The maximum Gasteiger partial charge on any atom is 0.206 e. The number of hydrogen-bond donors (Lipinski definition) is 2. The first-order chi connectivity index (χ1) is 10.3. The van der Waals surface area contributed by atoms with Crippen molar-refractivity contribution < 1.29 is 9.67 Å². The number of para-hydroxylation sites is 2. The number of aromatic amines is 1. The van der Waals surface area contributed by atoms with Crippen LogP contribution in [0.1, 0.15) is 5.82 Å². The zero-order valence-electron chi connectivity index (χ0n) is 11.2. The van der Waals surface area contributed by atoms with E-state index in [0.29, 0.717) is 5.82 Å². The number of aromatic nitrogens is 3. The number of nitriles is 1. The minimum Gasteiger partial charge on any atom is -0.505 e. The molecule has 0 bridgehead atoms. The van der Waals surface area contributed by atoms with Gasteiger partial charge in [0.2, 0.25) is 6.54 Å². The summed E-state index contributed by atoms with van der Waals surface area (Å²) in [5, 5.41) is 19.5. The van der Waals surface area contributed by atoms with E-state index in [0.717, 1.165) is 11.0 Å². The van der Waals surface area contributed by atoms with Crippen LogP contribution in [0.4, 0.5) is 0 Å². The van der Waals surface area contributed by atoms with Gasteiger partial charge in [0.05, 0.1) is 11.0 Å². The van der Waals surface area contributed by atoms with Crippen LogP contribution in [-0.4, -0.2) is 15.1 Å². The van der Waals surface area contributed by atoms with Gasteiger partial charge < -0.3 is 10.1 Å². The van der Waals surface area contributed by atoms with Crippen LogP contribution in [0.2, 0.25) is 0 Å². The third kappa shape index (κ3) is 2.60. The molecule has 0 saturated carbocycles. The Hall–Kier alpha value is -3.13. The van der Waals surface area contributed by atoms with E-state index < -0.39 is 0 Å². The summed E-state index contributed by atoms with van der Waals surface area (Å²) in [7, 11) is 0. The van der Waals surface area contributed by atoms with Gasteiger partial charge in [0.1, 0.15) is 11.6 Å². The lowest BCUT2D eigenvalue weighted by molar-refractivity contribution is -0.691. The van der Waals surface area contributed by atoms with Crippen molar-refractivity contribution in [3.05, 3.63) is 66.4 Å². The molecule has 0 amide bonds. The summed E-state index contributed by atoms with van der Waals surface area (Å²) in [5.74, 6) is 0.362. The summed E-state index contributed by atoms with van der Waals surface area (Å²) in [6.07, 6.45) is 3.65. The molecule has 0 unspecified atom stereocenters. The molecule has 2 N–H and O–H groups in total. The first-order valence-electron chi connectivity index (χ1n) is 6.49. The third-order valence-corrected chi connectivity index (χ3v) is 3.14. The van der Waals surface area contributed by atoms with Gasteiger partial charge in [0.25, 0.3) is 0 Å². The fourth-order valence-electron chi connectivity index (χ4n) is 2.12. The van der Waals surface area contributed by atoms with Crippen molar-refractivity contribution in [3.8, 4) is 6.07 Å². The molecule has 102 valence electrons. The quantitative estimate of drug-likeness (QED) is 0.438. The van der Waals surface area contributed by atoms with E-state index >= 15 is 0 Å². The van der Waals surface area contributed by atoms with Crippen LogP contribution >= 0.6 is 0 Å². The number of H-pyrrole nitrogens is 1. The van der Waals surface area contributed by atoms with E-state index in [2.05, 4.69) is 9.97 Å². The molecular formula is C16H13N4O+. The van der Waals surface area contributed by atoms with Gasteiger partial charge in [-0.2, -0.15) is 9.83 Å². The molecule has 1 aromatic carbocycles. The van der Waals surface area contributed by atoms with E-state index in [1.54, 1.807) is 4.57 Å². The average molecular weight is 277 g/mol. The van der Waals surface area contributed by atoms with Gasteiger partial charge in [-0.25, -0.2) is 4.98 Å². The molecule has 21 heavy (non-hydrogen) atoms. The number of benzene rings is 1. The molecule has 3 rings (SSSR count). The van der Waals surface area contributed by atoms with Crippen LogP contribution in [0.5, 0.6) is 0 Å². The van der Waals surface area contributed by atoms with E-state index in [-0.39, 0.29) is 17.9 Å². The van der Waals surface area contributed by atoms with E-state index in [1.165, 1.54) is 0 Å². The molecule has 0 saturated heterocycles. The Balaban J connectivity index is 2.00. The molecule has 5 heteroatoms.